The molecule has 1 heterocycles. The van der Waals surface area contributed by atoms with Crippen LogP contribution in [0.2, 0.25) is 0 Å². The first-order valence-electron chi connectivity index (χ1n) is 8.93. The highest BCUT2D eigenvalue weighted by Gasteiger charge is 2.15. The minimum absolute atomic E-state index is 0.0510. The third-order valence-corrected chi connectivity index (χ3v) is 3.85. The van der Waals surface area contributed by atoms with Gasteiger partial charge in [-0.15, -0.1) is 0 Å². The standard InChI is InChI=1S/C20H31NO3/c1-4-6-16-24-19-10-7-8-15-21(20(23)12-9-11-19)17(3)13-14-18(22)5-2/h7,10-11,13-14,18,22H,3-6,8-9,12,15-16H2,1-2H3/b10-7+,14-13-,19-11+. The van der Waals surface area contributed by atoms with E-state index in [0.29, 0.717) is 38.1 Å². The van der Waals surface area contributed by atoms with Crippen LogP contribution in [0.1, 0.15) is 52.4 Å². The van der Waals surface area contributed by atoms with Gasteiger partial charge in [0.05, 0.1) is 12.7 Å². The molecule has 134 valence electrons. The first-order chi connectivity index (χ1) is 11.6. The fraction of sp³-hybridized carbons (Fsp3) is 0.550. The Morgan fingerprint density at radius 3 is 2.96 bits per heavy atom. The maximum Gasteiger partial charge on any atom is 0.227 e. The molecule has 4 nitrogen and oxygen atoms in total. The number of unbranched alkanes of at least 4 members (excludes halogenated alkanes) is 1. The minimum atomic E-state index is -0.497. The molecule has 1 aliphatic heterocycles. The Kier molecular flexibility index (Phi) is 9.85. The van der Waals surface area contributed by atoms with Crippen molar-refractivity contribution in [3.05, 3.63) is 48.4 Å². The average molecular weight is 333 g/mol. The predicted molar refractivity (Wildman–Crippen MR) is 98.2 cm³/mol. The highest BCUT2D eigenvalue weighted by molar-refractivity contribution is 5.78. The van der Waals surface area contributed by atoms with Crippen LogP contribution in [0.25, 0.3) is 0 Å². The number of hydrogen-bond donors (Lipinski definition) is 1. The predicted octanol–water partition coefficient (Wildman–Crippen LogP) is 4.10. The van der Waals surface area contributed by atoms with Gasteiger partial charge >= 0.3 is 0 Å². The Morgan fingerprint density at radius 1 is 1.46 bits per heavy atom. The molecule has 0 spiro atoms. The first kappa shape index (κ1) is 20.2. The van der Waals surface area contributed by atoms with Crippen molar-refractivity contribution in [2.45, 2.75) is 58.5 Å². The van der Waals surface area contributed by atoms with Crippen molar-refractivity contribution in [3.8, 4) is 0 Å². The molecule has 1 rings (SSSR count). The lowest BCUT2D eigenvalue weighted by Gasteiger charge is -2.23. The number of hydrogen-bond acceptors (Lipinski definition) is 3. The van der Waals surface area contributed by atoms with E-state index in [0.717, 1.165) is 25.0 Å². The Morgan fingerprint density at radius 2 is 2.25 bits per heavy atom. The number of nitrogens with zero attached hydrogens (tertiary/aromatic N) is 1. The van der Waals surface area contributed by atoms with Crippen LogP contribution in [-0.2, 0) is 9.53 Å². The molecule has 0 saturated heterocycles. The number of rotatable bonds is 8. The summed E-state index contributed by atoms with van der Waals surface area (Å²) in [5.74, 6) is 0.907. The van der Waals surface area contributed by atoms with E-state index < -0.39 is 6.10 Å². The largest absolute Gasteiger partial charge is 0.494 e. The molecule has 0 bridgehead atoms. The van der Waals surface area contributed by atoms with Crippen LogP contribution in [0.4, 0.5) is 0 Å². The first-order valence-corrected chi connectivity index (χ1v) is 8.93. The van der Waals surface area contributed by atoms with Crippen molar-refractivity contribution in [1.29, 1.82) is 0 Å². The summed E-state index contributed by atoms with van der Waals surface area (Å²) in [6.07, 6.45) is 13.5. The molecule has 1 amide bonds. The molecule has 0 aliphatic carbocycles. The summed E-state index contributed by atoms with van der Waals surface area (Å²) in [7, 11) is 0. The van der Waals surface area contributed by atoms with E-state index in [9.17, 15) is 9.90 Å². The molecular formula is C20H31NO3. The summed E-state index contributed by atoms with van der Waals surface area (Å²) in [6, 6.07) is 0. The van der Waals surface area contributed by atoms with Gasteiger partial charge in [-0.2, -0.15) is 0 Å². The molecule has 1 unspecified atom stereocenters. The molecule has 1 aliphatic rings. The second kappa shape index (κ2) is 11.7. The van der Waals surface area contributed by atoms with Gasteiger partial charge in [0.25, 0.3) is 0 Å². The molecule has 0 aromatic carbocycles. The van der Waals surface area contributed by atoms with Gasteiger partial charge in [0, 0.05) is 18.7 Å². The highest BCUT2D eigenvalue weighted by Crippen LogP contribution is 2.14. The maximum absolute atomic E-state index is 12.4. The zero-order chi connectivity index (χ0) is 17.8. The third-order valence-electron chi connectivity index (χ3n) is 3.85. The zero-order valence-corrected chi connectivity index (χ0v) is 15.0. The molecule has 0 fully saturated rings. The third kappa shape index (κ3) is 7.64. The normalized spacial score (nSPS) is 21.2. The van der Waals surface area contributed by atoms with E-state index >= 15 is 0 Å². The minimum Gasteiger partial charge on any atom is -0.494 e. The number of allylic oxidation sites excluding steroid dienone is 3. The molecule has 1 N–H and O–H groups in total. The van der Waals surface area contributed by atoms with Gasteiger partial charge in [0.2, 0.25) is 5.91 Å². The Bertz CT molecular complexity index is 491. The fourth-order valence-corrected chi connectivity index (χ4v) is 2.26. The van der Waals surface area contributed by atoms with Crippen LogP contribution in [0.15, 0.2) is 48.4 Å². The summed E-state index contributed by atoms with van der Waals surface area (Å²) in [5.41, 5.74) is 0.630. The molecule has 1 atom stereocenters. The van der Waals surface area contributed by atoms with E-state index in [4.69, 9.17) is 4.74 Å². The second-order valence-electron chi connectivity index (χ2n) is 5.91. The van der Waals surface area contributed by atoms with Gasteiger partial charge in [0.15, 0.2) is 0 Å². The van der Waals surface area contributed by atoms with Crippen LogP contribution in [0, 0.1) is 0 Å². The van der Waals surface area contributed by atoms with Crippen molar-refractivity contribution in [2.75, 3.05) is 13.2 Å². The second-order valence-corrected chi connectivity index (χ2v) is 5.91. The smallest absolute Gasteiger partial charge is 0.227 e. The van der Waals surface area contributed by atoms with Gasteiger partial charge in [-0.1, -0.05) is 39.0 Å². The van der Waals surface area contributed by atoms with Crippen LogP contribution in [0.5, 0.6) is 0 Å². The number of carbonyl (C=O) groups excluding carboxylic acids is 1. The van der Waals surface area contributed by atoms with Crippen molar-refractivity contribution < 1.29 is 14.6 Å². The van der Waals surface area contributed by atoms with Gasteiger partial charge < -0.3 is 14.7 Å². The number of ether oxygens (including phenoxy) is 1. The molecule has 0 radical (unpaired) electrons. The lowest BCUT2D eigenvalue weighted by molar-refractivity contribution is -0.129. The van der Waals surface area contributed by atoms with E-state index in [1.807, 2.05) is 25.2 Å². The van der Waals surface area contributed by atoms with Crippen LogP contribution in [-0.4, -0.2) is 35.2 Å². The van der Waals surface area contributed by atoms with Gasteiger partial charge in [-0.25, -0.2) is 0 Å². The Hall–Kier alpha value is -1.81. The highest BCUT2D eigenvalue weighted by atomic mass is 16.5. The van der Waals surface area contributed by atoms with Crippen LogP contribution in [0.3, 0.4) is 0 Å². The molecule has 0 aromatic rings. The summed E-state index contributed by atoms with van der Waals surface area (Å²) < 4.78 is 5.73. The molecule has 4 heteroatoms. The Labute approximate surface area is 146 Å². The average Bonchev–Trinajstić information content (AvgIpc) is 2.58. The van der Waals surface area contributed by atoms with Crippen molar-refractivity contribution in [1.82, 2.24) is 4.90 Å². The zero-order valence-electron chi connectivity index (χ0n) is 15.0. The maximum atomic E-state index is 12.4. The van der Waals surface area contributed by atoms with E-state index in [1.165, 1.54) is 0 Å². The van der Waals surface area contributed by atoms with E-state index in [2.05, 4.69) is 13.5 Å². The van der Waals surface area contributed by atoms with Crippen LogP contribution < -0.4 is 0 Å². The monoisotopic (exact) mass is 333 g/mol. The SMILES string of the molecule is C=C(/C=C\C(O)CC)N1CC/C=C/C(OCCCC)=C\CCC1=O. The summed E-state index contributed by atoms with van der Waals surface area (Å²) in [4.78, 5) is 14.1. The van der Waals surface area contributed by atoms with Gasteiger partial charge in [-0.3, -0.25) is 4.79 Å². The van der Waals surface area contributed by atoms with E-state index in [1.54, 1.807) is 17.1 Å². The lowest BCUT2D eigenvalue weighted by Crippen LogP contribution is -2.30. The quantitative estimate of drug-likeness (QED) is 0.537. The van der Waals surface area contributed by atoms with E-state index in [-0.39, 0.29) is 5.91 Å². The van der Waals surface area contributed by atoms with Gasteiger partial charge in [-0.05, 0) is 43.9 Å². The van der Waals surface area contributed by atoms with Crippen molar-refractivity contribution in [3.63, 3.8) is 0 Å². The van der Waals surface area contributed by atoms with Crippen molar-refractivity contribution >= 4 is 5.91 Å². The number of amides is 1. The molecule has 0 saturated carbocycles. The number of aliphatic hydroxyl groups is 1. The molecule has 24 heavy (non-hydrogen) atoms. The topological polar surface area (TPSA) is 49.8 Å². The van der Waals surface area contributed by atoms with Gasteiger partial charge in [0.1, 0.15) is 5.76 Å². The number of aliphatic hydroxyl groups excluding tert-OH is 1. The fourth-order valence-electron chi connectivity index (χ4n) is 2.26. The summed E-state index contributed by atoms with van der Waals surface area (Å²) in [6.45, 7) is 9.31. The lowest BCUT2D eigenvalue weighted by atomic mass is 10.1. The molecular weight excluding hydrogens is 302 g/mol. The summed E-state index contributed by atoms with van der Waals surface area (Å²) in [5, 5.41) is 9.61. The summed E-state index contributed by atoms with van der Waals surface area (Å²) >= 11 is 0. The Balaban J connectivity index is 2.65. The number of carbonyl (C=O) groups is 1. The van der Waals surface area contributed by atoms with Crippen molar-refractivity contribution in [2.24, 2.45) is 0 Å². The van der Waals surface area contributed by atoms with Crippen LogP contribution >= 0.6 is 0 Å². The molecule has 0 aromatic heterocycles.